The van der Waals surface area contributed by atoms with Crippen LogP contribution in [0.2, 0.25) is 0 Å². The van der Waals surface area contributed by atoms with E-state index >= 15 is 0 Å². The molecule has 0 bridgehead atoms. The number of hydrazine groups is 1. The minimum Gasteiger partial charge on any atom is -0.443 e. The Kier molecular flexibility index (Phi) is 7.68. The molecule has 0 aliphatic rings. The lowest BCUT2D eigenvalue weighted by Crippen LogP contribution is -2.36. The van der Waals surface area contributed by atoms with E-state index in [4.69, 9.17) is 4.74 Å². The van der Waals surface area contributed by atoms with Gasteiger partial charge in [0.25, 0.3) is 0 Å². The number of hydrogen-bond donors (Lipinski definition) is 2. The summed E-state index contributed by atoms with van der Waals surface area (Å²) in [6.45, 7) is 7.76. The number of nitrogens with one attached hydrogen (secondary N) is 2. The standard InChI is InChI=1S/C25H29N5O4/c1-18-15-21(27-28-24(31)34-25(2,3)4)22(30(32)33)23(26-18)29(16-19-11-7-5-8-12-19)17-20-13-9-6-10-14-20/h5-15H,16-17H2,1-4H3,(H,26,27)(H,28,31). The second-order valence-corrected chi connectivity index (χ2v) is 8.82. The zero-order valence-corrected chi connectivity index (χ0v) is 19.7. The summed E-state index contributed by atoms with van der Waals surface area (Å²) in [4.78, 5) is 30.2. The van der Waals surface area contributed by atoms with Crippen LogP contribution in [-0.4, -0.2) is 21.6 Å². The molecule has 0 saturated heterocycles. The van der Waals surface area contributed by atoms with Gasteiger partial charge in [0, 0.05) is 18.8 Å². The molecule has 3 aromatic rings. The second kappa shape index (κ2) is 10.7. The van der Waals surface area contributed by atoms with E-state index in [0.717, 1.165) is 11.1 Å². The average molecular weight is 464 g/mol. The maximum atomic E-state index is 12.2. The van der Waals surface area contributed by atoms with Crippen molar-refractivity contribution in [2.45, 2.75) is 46.4 Å². The number of amides is 1. The lowest BCUT2D eigenvalue weighted by Gasteiger charge is -2.25. The maximum Gasteiger partial charge on any atom is 0.426 e. The number of aromatic nitrogens is 1. The third-order valence-corrected chi connectivity index (χ3v) is 4.72. The summed E-state index contributed by atoms with van der Waals surface area (Å²) in [6.07, 6.45) is -0.747. The van der Waals surface area contributed by atoms with Crippen LogP contribution in [-0.2, 0) is 17.8 Å². The number of hydrogen-bond acceptors (Lipinski definition) is 7. The van der Waals surface area contributed by atoms with Crippen LogP contribution in [0.15, 0.2) is 66.7 Å². The van der Waals surface area contributed by atoms with Crippen molar-refractivity contribution in [2.24, 2.45) is 0 Å². The number of rotatable bonds is 8. The first-order valence-electron chi connectivity index (χ1n) is 10.9. The summed E-state index contributed by atoms with van der Waals surface area (Å²) in [5.41, 5.74) is 6.72. The van der Waals surface area contributed by atoms with Crippen LogP contribution in [0.1, 0.15) is 37.6 Å². The van der Waals surface area contributed by atoms with Crippen molar-refractivity contribution in [1.29, 1.82) is 0 Å². The number of anilines is 2. The van der Waals surface area contributed by atoms with Crippen molar-refractivity contribution < 1.29 is 14.5 Å². The van der Waals surface area contributed by atoms with E-state index in [2.05, 4.69) is 15.8 Å². The molecule has 0 unspecified atom stereocenters. The van der Waals surface area contributed by atoms with Gasteiger partial charge < -0.3 is 9.64 Å². The van der Waals surface area contributed by atoms with Crippen LogP contribution in [0.25, 0.3) is 0 Å². The van der Waals surface area contributed by atoms with Gasteiger partial charge in [-0.25, -0.2) is 15.2 Å². The number of ether oxygens (including phenoxy) is 1. The zero-order chi connectivity index (χ0) is 24.7. The SMILES string of the molecule is Cc1cc(NNC(=O)OC(C)(C)C)c([N+](=O)[O-])c(N(Cc2ccccc2)Cc2ccccc2)n1. The summed E-state index contributed by atoms with van der Waals surface area (Å²) in [5, 5.41) is 12.2. The first-order chi connectivity index (χ1) is 16.1. The van der Waals surface area contributed by atoms with Crippen LogP contribution in [0, 0.1) is 17.0 Å². The van der Waals surface area contributed by atoms with E-state index in [1.54, 1.807) is 27.7 Å². The monoisotopic (exact) mass is 463 g/mol. The molecule has 3 rings (SSSR count). The molecule has 1 aromatic heterocycles. The first kappa shape index (κ1) is 24.5. The smallest absolute Gasteiger partial charge is 0.426 e. The van der Waals surface area contributed by atoms with Gasteiger partial charge in [0.2, 0.25) is 5.82 Å². The summed E-state index contributed by atoms with van der Waals surface area (Å²) >= 11 is 0. The average Bonchev–Trinajstić information content (AvgIpc) is 2.77. The molecular formula is C25H29N5O4. The molecule has 2 aromatic carbocycles. The lowest BCUT2D eigenvalue weighted by molar-refractivity contribution is -0.383. The quantitative estimate of drug-likeness (QED) is 0.342. The van der Waals surface area contributed by atoms with Crippen LogP contribution < -0.4 is 15.8 Å². The Morgan fingerprint density at radius 3 is 2.03 bits per heavy atom. The zero-order valence-electron chi connectivity index (χ0n) is 19.7. The van der Waals surface area contributed by atoms with E-state index in [0.29, 0.717) is 18.8 Å². The normalized spacial score (nSPS) is 10.9. The highest BCUT2D eigenvalue weighted by atomic mass is 16.6. The Morgan fingerprint density at radius 1 is 1.03 bits per heavy atom. The number of nitrogens with zero attached hydrogens (tertiary/aromatic N) is 3. The molecule has 0 fully saturated rings. The Balaban J connectivity index is 2.00. The van der Waals surface area contributed by atoms with Gasteiger partial charge in [0.05, 0.1) is 4.92 Å². The van der Waals surface area contributed by atoms with E-state index < -0.39 is 16.6 Å². The fraction of sp³-hybridized carbons (Fsp3) is 0.280. The van der Waals surface area contributed by atoms with E-state index in [1.165, 1.54) is 6.07 Å². The fourth-order valence-electron chi connectivity index (χ4n) is 3.38. The Hall–Kier alpha value is -4.14. The number of carbonyl (C=O) groups excluding carboxylic acids is 1. The summed E-state index contributed by atoms with van der Waals surface area (Å²) in [7, 11) is 0. The third-order valence-electron chi connectivity index (χ3n) is 4.72. The number of aryl methyl sites for hydroxylation is 1. The minimum atomic E-state index is -0.747. The number of carbonyl (C=O) groups is 1. The molecule has 0 aliphatic heterocycles. The molecule has 0 spiro atoms. The third kappa shape index (κ3) is 6.93. The Morgan fingerprint density at radius 2 is 1.56 bits per heavy atom. The number of pyridine rings is 1. The molecular weight excluding hydrogens is 434 g/mol. The highest BCUT2D eigenvalue weighted by Gasteiger charge is 2.28. The largest absolute Gasteiger partial charge is 0.443 e. The van der Waals surface area contributed by atoms with Gasteiger partial charge in [0.1, 0.15) is 11.3 Å². The van der Waals surface area contributed by atoms with Crippen LogP contribution in [0.3, 0.4) is 0 Å². The summed E-state index contributed by atoms with van der Waals surface area (Å²) < 4.78 is 5.22. The van der Waals surface area contributed by atoms with Crippen molar-refractivity contribution in [3.63, 3.8) is 0 Å². The minimum absolute atomic E-state index is 0.115. The summed E-state index contributed by atoms with van der Waals surface area (Å²) in [6, 6.07) is 20.9. The predicted octanol–water partition coefficient (Wildman–Crippen LogP) is 5.36. The molecule has 1 amide bonds. The van der Waals surface area contributed by atoms with Gasteiger partial charge in [0.15, 0.2) is 0 Å². The van der Waals surface area contributed by atoms with Crippen molar-refractivity contribution in [3.05, 3.63) is 93.7 Å². The molecule has 0 saturated carbocycles. The molecule has 178 valence electrons. The Labute approximate surface area is 198 Å². The highest BCUT2D eigenvalue weighted by molar-refractivity contribution is 5.77. The van der Waals surface area contributed by atoms with E-state index in [-0.39, 0.29) is 17.2 Å². The van der Waals surface area contributed by atoms with Crippen LogP contribution in [0.5, 0.6) is 0 Å². The van der Waals surface area contributed by atoms with Gasteiger partial charge >= 0.3 is 11.8 Å². The fourth-order valence-corrected chi connectivity index (χ4v) is 3.38. The van der Waals surface area contributed by atoms with Gasteiger partial charge in [-0.1, -0.05) is 60.7 Å². The van der Waals surface area contributed by atoms with Gasteiger partial charge in [-0.3, -0.25) is 15.5 Å². The molecule has 9 nitrogen and oxygen atoms in total. The van der Waals surface area contributed by atoms with Crippen molar-refractivity contribution >= 4 is 23.3 Å². The van der Waals surface area contributed by atoms with Crippen LogP contribution in [0.4, 0.5) is 22.0 Å². The van der Waals surface area contributed by atoms with Gasteiger partial charge in [-0.2, -0.15) is 0 Å². The second-order valence-electron chi connectivity index (χ2n) is 8.82. The highest BCUT2D eigenvalue weighted by Crippen LogP contribution is 2.36. The topological polar surface area (TPSA) is 110 Å². The van der Waals surface area contributed by atoms with Crippen LogP contribution >= 0.6 is 0 Å². The first-order valence-corrected chi connectivity index (χ1v) is 10.9. The number of nitro groups is 1. The summed E-state index contributed by atoms with van der Waals surface area (Å²) in [5.74, 6) is 0.200. The Bertz CT molecular complexity index is 1090. The maximum absolute atomic E-state index is 12.2. The van der Waals surface area contributed by atoms with Crippen molar-refractivity contribution in [1.82, 2.24) is 10.4 Å². The molecule has 0 atom stereocenters. The van der Waals surface area contributed by atoms with Crippen molar-refractivity contribution in [2.75, 3.05) is 10.3 Å². The lowest BCUT2D eigenvalue weighted by atomic mass is 10.1. The molecule has 34 heavy (non-hydrogen) atoms. The van der Waals surface area contributed by atoms with Gasteiger partial charge in [-0.05, 0) is 44.9 Å². The predicted molar refractivity (Wildman–Crippen MR) is 131 cm³/mol. The van der Waals surface area contributed by atoms with E-state index in [1.807, 2.05) is 65.6 Å². The molecule has 2 N–H and O–H groups in total. The molecule has 9 heteroatoms. The van der Waals surface area contributed by atoms with E-state index in [9.17, 15) is 14.9 Å². The van der Waals surface area contributed by atoms with Gasteiger partial charge in [-0.15, -0.1) is 0 Å². The molecule has 1 heterocycles. The number of benzene rings is 2. The van der Waals surface area contributed by atoms with Crippen molar-refractivity contribution in [3.8, 4) is 0 Å². The molecule has 0 radical (unpaired) electrons. The molecule has 0 aliphatic carbocycles.